The van der Waals surface area contributed by atoms with Crippen LogP contribution in [0, 0.1) is 0 Å². The summed E-state index contributed by atoms with van der Waals surface area (Å²) in [6.07, 6.45) is -4.23. The van der Waals surface area contributed by atoms with Gasteiger partial charge in [-0.25, -0.2) is 0 Å². The second kappa shape index (κ2) is 9.33. The SMILES string of the molecule is O=C1Nc2cc(Cl)ccc2SC1CC(=O)N1CCN(Cc2ccc(C(F)(F)F)cc2)CC1. The molecule has 0 saturated carbocycles. The molecule has 0 spiro atoms. The quantitative estimate of drug-likeness (QED) is 0.695. The maximum absolute atomic E-state index is 12.8. The molecule has 0 aliphatic carbocycles. The molecule has 2 aliphatic rings. The van der Waals surface area contributed by atoms with E-state index in [2.05, 4.69) is 10.2 Å². The molecule has 1 saturated heterocycles. The van der Waals surface area contributed by atoms with Crippen LogP contribution in [0.2, 0.25) is 5.02 Å². The molecule has 2 aromatic rings. The van der Waals surface area contributed by atoms with Crippen LogP contribution in [0.4, 0.5) is 18.9 Å². The molecular weight excluding hydrogens is 463 g/mol. The normalized spacial score (nSPS) is 19.4. The lowest BCUT2D eigenvalue weighted by molar-refractivity contribution is -0.137. The van der Waals surface area contributed by atoms with Crippen LogP contribution >= 0.6 is 23.4 Å². The molecule has 2 heterocycles. The minimum Gasteiger partial charge on any atom is -0.340 e. The van der Waals surface area contributed by atoms with Crippen molar-refractivity contribution in [2.45, 2.75) is 29.3 Å². The second-order valence-corrected chi connectivity index (χ2v) is 9.47. The molecule has 32 heavy (non-hydrogen) atoms. The van der Waals surface area contributed by atoms with Gasteiger partial charge in [0.1, 0.15) is 0 Å². The maximum Gasteiger partial charge on any atom is 0.416 e. The highest BCUT2D eigenvalue weighted by atomic mass is 35.5. The maximum atomic E-state index is 12.8. The first-order valence-corrected chi connectivity index (χ1v) is 11.4. The van der Waals surface area contributed by atoms with Crippen LogP contribution in [0.5, 0.6) is 0 Å². The number of alkyl halides is 3. The summed E-state index contributed by atoms with van der Waals surface area (Å²) >= 11 is 7.33. The van der Waals surface area contributed by atoms with E-state index in [9.17, 15) is 22.8 Å². The molecule has 1 fully saturated rings. The predicted octanol–water partition coefficient (Wildman–Crippen LogP) is 4.51. The summed E-state index contributed by atoms with van der Waals surface area (Å²) in [6.45, 7) is 2.81. The summed E-state index contributed by atoms with van der Waals surface area (Å²) in [5.74, 6) is -0.289. The Bertz CT molecular complexity index is 1010. The number of fused-ring (bicyclic) bond motifs is 1. The number of nitrogens with zero attached hydrogens (tertiary/aromatic N) is 2. The number of carbonyl (C=O) groups excluding carboxylic acids is 2. The molecule has 1 N–H and O–H groups in total. The number of hydrogen-bond acceptors (Lipinski definition) is 4. The van der Waals surface area contributed by atoms with Gasteiger partial charge in [-0.1, -0.05) is 23.7 Å². The molecule has 0 radical (unpaired) electrons. The fourth-order valence-electron chi connectivity index (χ4n) is 3.76. The molecule has 170 valence electrons. The lowest BCUT2D eigenvalue weighted by Gasteiger charge is -2.35. The van der Waals surface area contributed by atoms with Gasteiger partial charge < -0.3 is 10.2 Å². The Kier molecular flexibility index (Phi) is 6.69. The Hall–Kier alpha value is -2.23. The summed E-state index contributed by atoms with van der Waals surface area (Å²) in [6, 6.07) is 10.4. The van der Waals surface area contributed by atoms with Gasteiger partial charge in [0.2, 0.25) is 11.8 Å². The van der Waals surface area contributed by atoms with Crippen molar-refractivity contribution in [2.75, 3.05) is 31.5 Å². The molecule has 0 aromatic heterocycles. The van der Waals surface area contributed by atoms with E-state index >= 15 is 0 Å². The number of nitrogens with one attached hydrogen (secondary N) is 1. The van der Waals surface area contributed by atoms with Crippen molar-refractivity contribution in [3.8, 4) is 0 Å². The first kappa shape index (κ1) is 22.9. The van der Waals surface area contributed by atoms with Gasteiger partial charge in [0.25, 0.3) is 0 Å². The molecular formula is C22H21ClF3N3O2S. The minimum absolute atomic E-state index is 0.0794. The Balaban J connectivity index is 1.27. The topological polar surface area (TPSA) is 52.7 Å². The van der Waals surface area contributed by atoms with E-state index < -0.39 is 17.0 Å². The summed E-state index contributed by atoms with van der Waals surface area (Å²) < 4.78 is 38.1. The summed E-state index contributed by atoms with van der Waals surface area (Å²) in [4.78, 5) is 29.9. The Labute approximate surface area is 192 Å². The number of piperazine rings is 1. The Morgan fingerprint density at radius 1 is 1.09 bits per heavy atom. The van der Waals surface area contributed by atoms with Crippen LogP contribution in [-0.2, 0) is 22.3 Å². The van der Waals surface area contributed by atoms with E-state index in [1.807, 2.05) is 6.07 Å². The van der Waals surface area contributed by atoms with Crippen molar-refractivity contribution >= 4 is 40.9 Å². The number of thioether (sulfide) groups is 1. The molecule has 4 rings (SSSR count). The third kappa shape index (κ3) is 5.39. The highest BCUT2D eigenvalue weighted by Gasteiger charge is 2.32. The monoisotopic (exact) mass is 483 g/mol. The van der Waals surface area contributed by atoms with E-state index in [0.717, 1.165) is 22.6 Å². The van der Waals surface area contributed by atoms with Crippen molar-refractivity contribution in [3.63, 3.8) is 0 Å². The number of rotatable bonds is 4. The van der Waals surface area contributed by atoms with Gasteiger partial charge in [0, 0.05) is 49.1 Å². The Morgan fingerprint density at radius 3 is 2.44 bits per heavy atom. The van der Waals surface area contributed by atoms with Crippen molar-refractivity contribution in [2.24, 2.45) is 0 Å². The lowest BCUT2D eigenvalue weighted by atomic mass is 10.1. The van der Waals surface area contributed by atoms with Gasteiger partial charge in [-0.05, 0) is 35.9 Å². The zero-order valence-corrected chi connectivity index (χ0v) is 18.6. The number of benzene rings is 2. The largest absolute Gasteiger partial charge is 0.416 e. The number of anilines is 1. The third-order valence-corrected chi connectivity index (χ3v) is 7.04. The van der Waals surface area contributed by atoms with Gasteiger partial charge in [-0.15, -0.1) is 11.8 Å². The van der Waals surface area contributed by atoms with Crippen LogP contribution in [0.3, 0.4) is 0 Å². The molecule has 1 atom stereocenters. The zero-order valence-electron chi connectivity index (χ0n) is 17.0. The average Bonchev–Trinajstić information content (AvgIpc) is 2.74. The zero-order chi connectivity index (χ0) is 22.9. The first-order chi connectivity index (χ1) is 15.2. The fraction of sp³-hybridized carbons (Fsp3) is 0.364. The average molecular weight is 484 g/mol. The van der Waals surface area contributed by atoms with Gasteiger partial charge >= 0.3 is 6.18 Å². The van der Waals surface area contributed by atoms with Crippen molar-refractivity contribution in [1.82, 2.24) is 9.80 Å². The lowest BCUT2D eigenvalue weighted by Crippen LogP contribution is -2.49. The molecule has 0 bridgehead atoms. The van der Waals surface area contributed by atoms with E-state index in [0.29, 0.717) is 43.4 Å². The number of amides is 2. The highest BCUT2D eigenvalue weighted by Crippen LogP contribution is 2.38. The first-order valence-electron chi connectivity index (χ1n) is 10.1. The predicted molar refractivity (Wildman–Crippen MR) is 118 cm³/mol. The molecule has 1 unspecified atom stereocenters. The number of carbonyl (C=O) groups is 2. The fourth-order valence-corrected chi connectivity index (χ4v) is 5.01. The van der Waals surface area contributed by atoms with Crippen molar-refractivity contribution < 1.29 is 22.8 Å². The van der Waals surface area contributed by atoms with Crippen molar-refractivity contribution in [3.05, 3.63) is 58.6 Å². The second-order valence-electron chi connectivity index (χ2n) is 7.79. The molecule has 10 heteroatoms. The number of halogens is 4. The highest BCUT2D eigenvalue weighted by molar-refractivity contribution is 8.01. The number of hydrogen-bond donors (Lipinski definition) is 1. The molecule has 5 nitrogen and oxygen atoms in total. The van der Waals surface area contributed by atoms with Crippen LogP contribution < -0.4 is 5.32 Å². The van der Waals surface area contributed by atoms with Crippen molar-refractivity contribution in [1.29, 1.82) is 0 Å². The molecule has 2 aromatic carbocycles. The summed E-state index contributed by atoms with van der Waals surface area (Å²) in [5, 5.41) is 2.85. The van der Waals surface area contributed by atoms with E-state index in [-0.39, 0.29) is 18.2 Å². The van der Waals surface area contributed by atoms with Crippen LogP contribution in [0.25, 0.3) is 0 Å². The van der Waals surface area contributed by atoms with Gasteiger partial charge in [-0.3, -0.25) is 14.5 Å². The van der Waals surface area contributed by atoms with Crippen LogP contribution in [0.1, 0.15) is 17.5 Å². The van der Waals surface area contributed by atoms with E-state index in [4.69, 9.17) is 11.6 Å². The minimum atomic E-state index is -4.34. The van der Waals surface area contributed by atoms with Crippen LogP contribution in [0.15, 0.2) is 47.4 Å². The summed E-state index contributed by atoms with van der Waals surface area (Å²) in [7, 11) is 0. The van der Waals surface area contributed by atoms with E-state index in [1.165, 1.54) is 23.9 Å². The Morgan fingerprint density at radius 2 is 1.78 bits per heavy atom. The smallest absolute Gasteiger partial charge is 0.340 e. The van der Waals surface area contributed by atoms with Gasteiger partial charge in [0.05, 0.1) is 16.5 Å². The standard InChI is InChI=1S/C22H21ClF3N3O2S/c23-16-5-6-18-17(11-16)27-21(31)19(32-18)12-20(30)29-9-7-28(8-10-29)13-14-1-3-15(4-2-14)22(24,25)26/h1-6,11,19H,7-10,12-13H2,(H,27,31). The van der Waals surface area contributed by atoms with Gasteiger partial charge in [0.15, 0.2) is 0 Å². The molecule has 2 amide bonds. The molecule has 2 aliphatic heterocycles. The van der Waals surface area contributed by atoms with Crippen LogP contribution in [-0.4, -0.2) is 53.0 Å². The van der Waals surface area contributed by atoms with Gasteiger partial charge in [-0.2, -0.15) is 13.2 Å². The van der Waals surface area contributed by atoms with E-state index in [1.54, 1.807) is 17.0 Å². The summed E-state index contributed by atoms with van der Waals surface area (Å²) in [5.41, 5.74) is 0.798. The third-order valence-electron chi connectivity index (χ3n) is 5.53.